The van der Waals surface area contributed by atoms with Crippen molar-refractivity contribution in [3.63, 3.8) is 0 Å². The summed E-state index contributed by atoms with van der Waals surface area (Å²) in [5.74, 6) is -2.84. The Kier molecular flexibility index (Phi) is 1.18. The van der Waals surface area contributed by atoms with Crippen molar-refractivity contribution in [1.82, 2.24) is 0 Å². The van der Waals surface area contributed by atoms with Crippen LogP contribution >= 0.6 is 0 Å². The van der Waals surface area contributed by atoms with Gasteiger partial charge in [0, 0.05) is 0 Å². The summed E-state index contributed by atoms with van der Waals surface area (Å²) in [6.45, 7) is 1.54. The van der Waals surface area contributed by atoms with Crippen LogP contribution in [-0.4, -0.2) is 17.2 Å². The maximum Gasteiger partial charge on any atom is 0.197 e. The lowest BCUT2D eigenvalue weighted by atomic mass is 9.84. The van der Waals surface area contributed by atoms with Gasteiger partial charge in [0.15, 0.2) is 11.7 Å². The van der Waals surface area contributed by atoms with Gasteiger partial charge in [0.2, 0.25) is 0 Å². The first kappa shape index (κ1) is 7.86. The van der Waals surface area contributed by atoms with E-state index in [0.717, 1.165) is 0 Å². The summed E-state index contributed by atoms with van der Waals surface area (Å²) < 4.78 is 4.72. The Bertz CT molecular complexity index is 147. The van der Waals surface area contributed by atoms with Gasteiger partial charge in [-0.05, 0) is 6.92 Å². The van der Waals surface area contributed by atoms with Gasteiger partial charge in [-0.25, -0.2) is 0 Å². The quantitative estimate of drug-likeness (QED) is 0.230. The van der Waals surface area contributed by atoms with Crippen molar-refractivity contribution in [1.29, 1.82) is 0 Å². The Morgan fingerprint density at radius 1 is 0.900 bits per heavy atom. The van der Waals surface area contributed by atoms with E-state index in [9.17, 15) is 0 Å². The SMILES string of the molecule is CC1(N)C(N)(N)OC1(N)N. The average Bonchev–Trinajstić information content (AvgIpc) is 1.61. The van der Waals surface area contributed by atoms with Gasteiger partial charge in [-0.1, -0.05) is 0 Å². The molecule has 10 heavy (non-hydrogen) atoms. The summed E-state index contributed by atoms with van der Waals surface area (Å²) in [5.41, 5.74) is 25.8. The molecule has 1 aliphatic rings. The summed E-state index contributed by atoms with van der Waals surface area (Å²) in [6.07, 6.45) is 0. The Morgan fingerprint density at radius 2 is 1.20 bits per heavy atom. The molecule has 0 aliphatic carbocycles. The third-order valence-electron chi connectivity index (χ3n) is 1.96. The molecule has 6 nitrogen and oxygen atoms in total. The van der Waals surface area contributed by atoms with Crippen LogP contribution in [0, 0.1) is 0 Å². The molecule has 0 saturated carbocycles. The highest BCUT2D eigenvalue weighted by Crippen LogP contribution is 2.34. The van der Waals surface area contributed by atoms with Crippen LogP contribution in [0.1, 0.15) is 6.92 Å². The molecule has 0 aromatic heterocycles. The van der Waals surface area contributed by atoms with Crippen LogP contribution in [0.5, 0.6) is 0 Å². The maximum absolute atomic E-state index is 5.55. The summed E-state index contributed by atoms with van der Waals surface area (Å²) in [4.78, 5) is 0. The van der Waals surface area contributed by atoms with Gasteiger partial charge < -0.3 is 10.5 Å². The first-order valence-corrected chi connectivity index (χ1v) is 2.85. The van der Waals surface area contributed by atoms with E-state index in [4.69, 9.17) is 33.4 Å². The van der Waals surface area contributed by atoms with Crippen LogP contribution in [0.4, 0.5) is 0 Å². The van der Waals surface area contributed by atoms with Crippen LogP contribution < -0.4 is 28.7 Å². The Morgan fingerprint density at radius 3 is 1.20 bits per heavy atom. The molecule has 0 spiro atoms. The first-order chi connectivity index (χ1) is 4.21. The average molecular weight is 147 g/mol. The minimum Gasteiger partial charge on any atom is -0.316 e. The summed E-state index contributed by atoms with van der Waals surface area (Å²) in [6, 6.07) is 0. The molecule has 0 aromatic carbocycles. The highest BCUT2D eigenvalue weighted by atomic mass is 16.6. The van der Waals surface area contributed by atoms with Crippen LogP contribution in [0.25, 0.3) is 0 Å². The van der Waals surface area contributed by atoms with E-state index in [1.165, 1.54) is 6.92 Å². The normalized spacial score (nSPS) is 33.0. The third kappa shape index (κ3) is 0.628. The Labute approximate surface area is 58.6 Å². The van der Waals surface area contributed by atoms with Crippen molar-refractivity contribution in [2.45, 2.75) is 24.2 Å². The molecule has 1 saturated heterocycles. The zero-order valence-electron chi connectivity index (χ0n) is 5.79. The van der Waals surface area contributed by atoms with Crippen LogP contribution in [0.2, 0.25) is 0 Å². The van der Waals surface area contributed by atoms with Crippen LogP contribution in [-0.2, 0) is 4.74 Å². The predicted octanol–water partition coefficient (Wildman–Crippen LogP) is -3.12. The largest absolute Gasteiger partial charge is 0.316 e. The number of rotatable bonds is 0. The van der Waals surface area contributed by atoms with Gasteiger partial charge in [-0.3, -0.25) is 22.9 Å². The van der Waals surface area contributed by atoms with Crippen molar-refractivity contribution in [2.24, 2.45) is 28.7 Å². The standard InChI is InChI=1S/C4H13N5O/c1-2(5)3(6,7)10-4(2,8)9/h5-9H2,1H3. The van der Waals surface area contributed by atoms with E-state index in [1.54, 1.807) is 0 Å². The third-order valence-corrected chi connectivity index (χ3v) is 1.96. The fourth-order valence-electron chi connectivity index (χ4n) is 0.750. The molecule has 0 amide bonds. The second kappa shape index (κ2) is 1.50. The zero-order valence-corrected chi connectivity index (χ0v) is 5.79. The fourth-order valence-corrected chi connectivity index (χ4v) is 0.750. The van der Waals surface area contributed by atoms with Crippen molar-refractivity contribution in [3.05, 3.63) is 0 Å². The van der Waals surface area contributed by atoms with Gasteiger partial charge in [0.1, 0.15) is 5.54 Å². The van der Waals surface area contributed by atoms with E-state index >= 15 is 0 Å². The van der Waals surface area contributed by atoms with E-state index in [1.807, 2.05) is 0 Å². The summed E-state index contributed by atoms with van der Waals surface area (Å²) in [7, 11) is 0. The van der Waals surface area contributed by atoms with Gasteiger partial charge in [0.05, 0.1) is 0 Å². The molecular formula is C4H13N5O. The predicted molar refractivity (Wildman–Crippen MR) is 35.9 cm³/mol. The smallest absolute Gasteiger partial charge is 0.197 e. The van der Waals surface area contributed by atoms with E-state index < -0.39 is 17.2 Å². The highest BCUT2D eigenvalue weighted by Gasteiger charge is 2.66. The van der Waals surface area contributed by atoms with Crippen LogP contribution in [0.3, 0.4) is 0 Å². The van der Waals surface area contributed by atoms with Crippen molar-refractivity contribution in [3.8, 4) is 0 Å². The molecule has 10 N–H and O–H groups in total. The van der Waals surface area contributed by atoms with Crippen molar-refractivity contribution in [2.75, 3.05) is 0 Å². The lowest BCUT2D eigenvalue weighted by molar-refractivity contribution is -0.323. The fraction of sp³-hybridized carbons (Fsp3) is 1.00. The molecule has 1 heterocycles. The highest BCUT2D eigenvalue weighted by molar-refractivity contribution is 5.13. The Hall–Kier alpha value is -0.240. The lowest BCUT2D eigenvalue weighted by Gasteiger charge is -2.60. The van der Waals surface area contributed by atoms with E-state index in [0.29, 0.717) is 0 Å². The number of nitrogens with two attached hydrogens (primary N) is 5. The van der Waals surface area contributed by atoms with Crippen LogP contribution in [0.15, 0.2) is 0 Å². The zero-order chi connectivity index (χ0) is 8.21. The topological polar surface area (TPSA) is 139 Å². The number of hydrogen-bond donors (Lipinski definition) is 5. The molecule has 6 heteroatoms. The monoisotopic (exact) mass is 147 g/mol. The summed E-state index contributed by atoms with van der Waals surface area (Å²) in [5, 5.41) is 0. The second-order valence-corrected chi connectivity index (χ2v) is 2.89. The van der Waals surface area contributed by atoms with Crippen molar-refractivity contribution < 1.29 is 4.74 Å². The molecule has 0 aromatic rings. The molecule has 0 bridgehead atoms. The molecular weight excluding hydrogens is 134 g/mol. The number of ether oxygens (including phenoxy) is 1. The lowest BCUT2D eigenvalue weighted by Crippen LogP contribution is -2.96. The van der Waals surface area contributed by atoms with Crippen molar-refractivity contribution >= 4 is 0 Å². The van der Waals surface area contributed by atoms with E-state index in [-0.39, 0.29) is 0 Å². The molecule has 1 rings (SSSR count). The van der Waals surface area contributed by atoms with Gasteiger partial charge in [-0.2, -0.15) is 0 Å². The summed E-state index contributed by atoms with van der Waals surface area (Å²) >= 11 is 0. The molecule has 1 aliphatic heterocycles. The van der Waals surface area contributed by atoms with E-state index in [2.05, 4.69) is 0 Å². The minimum atomic E-state index is -1.42. The van der Waals surface area contributed by atoms with Gasteiger partial charge in [-0.15, -0.1) is 0 Å². The molecule has 0 radical (unpaired) electrons. The number of hydrogen-bond acceptors (Lipinski definition) is 6. The molecule has 0 unspecified atom stereocenters. The second-order valence-electron chi connectivity index (χ2n) is 2.89. The molecule has 60 valence electrons. The first-order valence-electron chi connectivity index (χ1n) is 2.85. The minimum absolute atomic E-state index is 1.10. The van der Waals surface area contributed by atoms with Gasteiger partial charge >= 0.3 is 0 Å². The molecule has 1 fully saturated rings. The van der Waals surface area contributed by atoms with Gasteiger partial charge in [0.25, 0.3) is 0 Å². The molecule has 0 atom stereocenters. The Balaban J connectivity index is 2.85. The maximum atomic E-state index is 5.55.